The van der Waals surface area contributed by atoms with Gasteiger partial charge in [-0.05, 0) is 84.5 Å². The first kappa shape index (κ1) is 27.9. The molecule has 0 aliphatic heterocycles. The Kier molecular flexibility index (Phi) is 11.8. The summed E-state index contributed by atoms with van der Waals surface area (Å²) in [6.45, 7) is 6.75. The van der Waals surface area contributed by atoms with Gasteiger partial charge >= 0.3 is 8.25 Å². The summed E-state index contributed by atoms with van der Waals surface area (Å²) in [6.07, 6.45) is 3.52. The van der Waals surface area contributed by atoms with Crippen molar-refractivity contribution in [3.63, 3.8) is 0 Å². The Balaban J connectivity index is 1.53. The van der Waals surface area contributed by atoms with Gasteiger partial charge in [0.05, 0.1) is 13.2 Å². The first-order valence-corrected chi connectivity index (χ1v) is 14.6. The van der Waals surface area contributed by atoms with Gasteiger partial charge in [0, 0.05) is 22.0 Å². The van der Waals surface area contributed by atoms with E-state index < -0.39 is 8.25 Å². The van der Waals surface area contributed by atoms with E-state index in [1.165, 1.54) is 16.0 Å². The Hall–Kier alpha value is -1.66. The number of halogens is 1. The van der Waals surface area contributed by atoms with Crippen molar-refractivity contribution in [3.05, 3.63) is 75.6 Å². The predicted octanol–water partition coefficient (Wildman–Crippen LogP) is 7.16. The molecule has 8 heteroatoms. The average Bonchev–Trinajstić information content (AvgIpc) is 3.35. The molecule has 0 aliphatic carbocycles. The molecule has 0 saturated carbocycles. The first-order valence-electron chi connectivity index (χ1n) is 12.1. The lowest BCUT2D eigenvalue weighted by atomic mass is 10.0. The second-order valence-electron chi connectivity index (χ2n) is 8.93. The maximum Gasteiger partial charge on any atom is 0.316 e. The first-order chi connectivity index (χ1) is 16.9. The van der Waals surface area contributed by atoms with Gasteiger partial charge in [-0.1, -0.05) is 49.7 Å². The van der Waals surface area contributed by atoms with Crippen molar-refractivity contribution in [2.45, 2.75) is 46.1 Å². The van der Waals surface area contributed by atoms with Crippen molar-refractivity contribution in [3.8, 4) is 16.2 Å². The molecule has 5 nitrogen and oxygen atoms in total. The number of thiophene rings is 1. The summed E-state index contributed by atoms with van der Waals surface area (Å²) in [6, 6.07) is 16.9. The number of ether oxygens (including phenoxy) is 1. The van der Waals surface area contributed by atoms with Gasteiger partial charge in [0.2, 0.25) is 0 Å². The SMILES string of the molecule is CC(C)Cc1ccc(CCCOc2ccc(CNCCCO[PH](=O)O)cc2-c2cccs2)cc1Cl. The fraction of sp³-hybridized carbons (Fsp3) is 0.407. The lowest BCUT2D eigenvalue weighted by molar-refractivity contribution is 0.276. The predicted molar refractivity (Wildman–Crippen MR) is 147 cm³/mol. The van der Waals surface area contributed by atoms with E-state index in [0.717, 1.165) is 41.2 Å². The number of aryl methyl sites for hydroxylation is 1. The minimum absolute atomic E-state index is 0.281. The largest absolute Gasteiger partial charge is 0.493 e. The van der Waals surface area contributed by atoms with Crippen molar-refractivity contribution < 1.29 is 18.7 Å². The molecule has 0 amide bonds. The maximum absolute atomic E-state index is 10.6. The Morgan fingerprint density at radius 1 is 1.09 bits per heavy atom. The summed E-state index contributed by atoms with van der Waals surface area (Å²) in [5.41, 5.74) is 4.71. The molecule has 0 radical (unpaired) electrons. The molecule has 190 valence electrons. The molecule has 1 atom stereocenters. The molecular formula is C27H35ClNO4PS. The molecule has 3 rings (SSSR count). The lowest BCUT2D eigenvalue weighted by Gasteiger charge is -2.14. The van der Waals surface area contributed by atoms with Crippen LogP contribution in [-0.2, 0) is 28.5 Å². The molecule has 1 unspecified atom stereocenters. The Morgan fingerprint density at radius 2 is 1.91 bits per heavy atom. The smallest absolute Gasteiger partial charge is 0.316 e. The van der Waals surface area contributed by atoms with Crippen LogP contribution in [0.3, 0.4) is 0 Å². The quantitative estimate of drug-likeness (QED) is 0.160. The number of rotatable bonds is 15. The summed E-state index contributed by atoms with van der Waals surface area (Å²) in [5, 5.41) is 6.29. The molecular weight excluding hydrogens is 501 g/mol. The van der Waals surface area contributed by atoms with Gasteiger partial charge in [0.15, 0.2) is 0 Å². The van der Waals surface area contributed by atoms with E-state index in [-0.39, 0.29) is 6.61 Å². The zero-order valence-electron chi connectivity index (χ0n) is 20.4. The monoisotopic (exact) mass is 535 g/mol. The third-order valence-corrected chi connectivity index (χ3v) is 7.20. The minimum Gasteiger partial charge on any atom is -0.493 e. The number of hydrogen-bond acceptors (Lipinski definition) is 5. The number of hydrogen-bond donors (Lipinski definition) is 2. The highest BCUT2D eigenvalue weighted by atomic mass is 35.5. The lowest BCUT2D eigenvalue weighted by Crippen LogP contribution is -2.16. The van der Waals surface area contributed by atoms with Crippen molar-refractivity contribution in [1.29, 1.82) is 0 Å². The highest BCUT2D eigenvalue weighted by Gasteiger charge is 2.10. The summed E-state index contributed by atoms with van der Waals surface area (Å²) in [4.78, 5) is 9.88. The van der Waals surface area contributed by atoms with E-state index >= 15 is 0 Å². The van der Waals surface area contributed by atoms with Crippen LogP contribution in [0.1, 0.15) is 43.4 Å². The van der Waals surface area contributed by atoms with Crippen LogP contribution in [0, 0.1) is 5.92 Å². The molecule has 1 aromatic heterocycles. The second-order valence-corrected chi connectivity index (χ2v) is 11.1. The summed E-state index contributed by atoms with van der Waals surface area (Å²) in [7, 11) is -2.84. The summed E-state index contributed by atoms with van der Waals surface area (Å²) < 4.78 is 21.5. The average molecular weight is 536 g/mol. The van der Waals surface area contributed by atoms with Crippen LogP contribution in [-0.4, -0.2) is 24.7 Å². The second kappa shape index (κ2) is 14.8. The molecule has 1 heterocycles. The highest BCUT2D eigenvalue weighted by molar-refractivity contribution is 7.32. The zero-order chi connectivity index (χ0) is 25.0. The number of benzene rings is 2. The van der Waals surface area contributed by atoms with E-state index in [0.29, 0.717) is 32.0 Å². The summed E-state index contributed by atoms with van der Waals surface area (Å²) >= 11 is 8.18. The van der Waals surface area contributed by atoms with E-state index in [9.17, 15) is 4.57 Å². The third kappa shape index (κ3) is 9.72. The molecule has 35 heavy (non-hydrogen) atoms. The normalized spacial score (nSPS) is 12.3. The van der Waals surface area contributed by atoms with Crippen LogP contribution >= 0.6 is 31.2 Å². The van der Waals surface area contributed by atoms with Crippen LogP contribution in [0.15, 0.2) is 53.9 Å². The Morgan fingerprint density at radius 3 is 2.63 bits per heavy atom. The van der Waals surface area contributed by atoms with Gasteiger partial charge in [0.1, 0.15) is 5.75 Å². The maximum atomic E-state index is 10.6. The van der Waals surface area contributed by atoms with Crippen LogP contribution in [0.4, 0.5) is 0 Å². The molecule has 0 aliphatic rings. The Labute approximate surface area is 218 Å². The minimum atomic E-state index is -2.84. The molecule has 0 fully saturated rings. The summed E-state index contributed by atoms with van der Waals surface area (Å²) in [5.74, 6) is 1.48. The van der Waals surface area contributed by atoms with Gasteiger partial charge in [0.25, 0.3) is 0 Å². The molecule has 0 saturated heterocycles. The highest BCUT2D eigenvalue weighted by Crippen LogP contribution is 2.34. The van der Waals surface area contributed by atoms with E-state index in [4.69, 9.17) is 25.8 Å². The van der Waals surface area contributed by atoms with Crippen LogP contribution in [0.25, 0.3) is 10.4 Å². The van der Waals surface area contributed by atoms with E-state index in [1.54, 1.807) is 11.3 Å². The van der Waals surface area contributed by atoms with Gasteiger partial charge < -0.3 is 19.5 Å². The van der Waals surface area contributed by atoms with Gasteiger partial charge in [-0.2, -0.15) is 0 Å². The zero-order valence-corrected chi connectivity index (χ0v) is 23.0. The van der Waals surface area contributed by atoms with E-state index in [1.807, 2.05) is 12.1 Å². The fourth-order valence-corrected chi connectivity index (χ4v) is 5.18. The van der Waals surface area contributed by atoms with Gasteiger partial charge in [-0.3, -0.25) is 4.57 Å². The van der Waals surface area contributed by atoms with Gasteiger partial charge in [-0.25, -0.2) is 0 Å². The van der Waals surface area contributed by atoms with Crippen molar-refractivity contribution in [2.24, 2.45) is 5.92 Å². The standard InChI is InChI=1S/C27H35ClNO4PS/c1-20(2)16-23-10-8-21(18-25(23)28)6-3-13-32-26-11-9-22(17-24(26)27-7-4-15-35-27)19-29-12-5-14-33-34(30)31/h4,7-11,15,17-18,20,29,34H,3,5-6,12-14,16,19H2,1-2H3,(H,30,31). The third-order valence-electron chi connectivity index (χ3n) is 5.50. The van der Waals surface area contributed by atoms with Crippen molar-refractivity contribution >= 4 is 31.2 Å². The molecule has 2 aromatic carbocycles. The van der Waals surface area contributed by atoms with Crippen LogP contribution in [0.5, 0.6) is 5.75 Å². The molecule has 2 N–H and O–H groups in total. The van der Waals surface area contributed by atoms with Crippen molar-refractivity contribution in [2.75, 3.05) is 19.8 Å². The molecule has 3 aromatic rings. The molecule has 0 bridgehead atoms. The van der Waals surface area contributed by atoms with Gasteiger partial charge in [-0.15, -0.1) is 11.3 Å². The topological polar surface area (TPSA) is 67.8 Å². The number of nitrogens with one attached hydrogen (secondary N) is 1. The fourth-order valence-electron chi connectivity index (χ4n) is 3.84. The van der Waals surface area contributed by atoms with Crippen LogP contribution < -0.4 is 10.1 Å². The Bertz CT molecular complexity index is 1080. The van der Waals surface area contributed by atoms with Crippen LogP contribution in [0.2, 0.25) is 5.02 Å². The molecule has 0 spiro atoms. The van der Waals surface area contributed by atoms with E-state index in [2.05, 4.69) is 60.9 Å². The van der Waals surface area contributed by atoms with Crippen molar-refractivity contribution in [1.82, 2.24) is 5.32 Å².